The first-order chi connectivity index (χ1) is 14.5. The minimum Gasteiger partial charge on any atom is -0.466 e. The smallest absolute Gasteiger partial charge is 0.306 e. The maximum absolute atomic E-state index is 13.7. The molecule has 1 heterocycles. The quantitative estimate of drug-likeness (QED) is 0.607. The van der Waals surface area contributed by atoms with Crippen molar-refractivity contribution in [2.45, 2.75) is 45.6 Å². The molecule has 0 radical (unpaired) electrons. The molecule has 2 aromatic carbocycles. The Morgan fingerprint density at radius 2 is 1.93 bits per heavy atom. The Hall–Kier alpha value is -2.71. The van der Waals surface area contributed by atoms with Crippen molar-refractivity contribution >= 4 is 5.97 Å². The van der Waals surface area contributed by atoms with Gasteiger partial charge in [0.05, 0.1) is 25.0 Å². The third-order valence-corrected chi connectivity index (χ3v) is 6.19. The number of carbonyl (C=O) groups excluding carboxylic acids is 1. The van der Waals surface area contributed by atoms with Gasteiger partial charge in [-0.1, -0.05) is 36.4 Å². The van der Waals surface area contributed by atoms with Gasteiger partial charge in [0.2, 0.25) is 0 Å². The van der Waals surface area contributed by atoms with E-state index >= 15 is 0 Å². The zero-order valence-electron chi connectivity index (χ0n) is 17.7. The van der Waals surface area contributed by atoms with Crippen LogP contribution in [-0.2, 0) is 16.1 Å². The summed E-state index contributed by atoms with van der Waals surface area (Å²) in [6, 6.07) is 17.3. The third-order valence-electron chi connectivity index (χ3n) is 6.19. The van der Waals surface area contributed by atoms with Gasteiger partial charge in [0.1, 0.15) is 5.82 Å². The van der Waals surface area contributed by atoms with Crippen LogP contribution in [0.2, 0.25) is 0 Å². The number of nitriles is 1. The molecular weight excluding hydrogens is 379 g/mol. The molecule has 0 saturated carbocycles. The number of hydrogen-bond acceptors (Lipinski definition) is 4. The monoisotopic (exact) mass is 408 g/mol. The molecule has 0 aromatic heterocycles. The number of likely N-dealkylation sites (tertiary alicyclic amines) is 1. The summed E-state index contributed by atoms with van der Waals surface area (Å²) in [4.78, 5) is 14.8. The van der Waals surface area contributed by atoms with Gasteiger partial charge in [0.15, 0.2) is 0 Å². The second kappa shape index (κ2) is 9.86. The van der Waals surface area contributed by atoms with E-state index in [1.165, 1.54) is 17.7 Å². The molecule has 1 atom stereocenters. The molecule has 1 saturated heterocycles. The van der Waals surface area contributed by atoms with Crippen molar-refractivity contribution in [3.63, 3.8) is 0 Å². The first-order valence-electron chi connectivity index (χ1n) is 10.5. The van der Waals surface area contributed by atoms with E-state index < -0.39 is 11.3 Å². The number of piperidine rings is 1. The molecule has 1 aliphatic rings. The van der Waals surface area contributed by atoms with Crippen LogP contribution >= 0.6 is 0 Å². The maximum Gasteiger partial charge on any atom is 0.306 e. The summed E-state index contributed by atoms with van der Waals surface area (Å²) in [5.41, 5.74) is 2.29. The van der Waals surface area contributed by atoms with E-state index in [0.29, 0.717) is 19.4 Å². The third kappa shape index (κ3) is 5.06. The highest BCUT2D eigenvalue weighted by atomic mass is 19.1. The molecule has 30 heavy (non-hydrogen) atoms. The van der Waals surface area contributed by atoms with Crippen LogP contribution in [0.3, 0.4) is 0 Å². The second-order valence-corrected chi connectivity index (χ2v) is 8.17. The Morgan fingerprint density at radius 1 is 1.23 bits per heavy atom. The average Bonchev–Trinajstić information content (AvgIpc) is 2.73. The number of aryl methyl sites for hydroxylation is 1. The molecule has 1 fully saturated rings. The van der Waals surface area contributed by atoms with Crippen molar-refractivity contribution in [2.75, 3.05) is 19.7 Å². The minimum absolute atomic E-state index is 0.203. The van der Waals surface area contributed by atoms with Crippen molar-refractivity contribution in [3.05, 3.63) is 71.0 Å². The number of carbonyl (C=O) groups is 1. The average molecular weight is 409 g/mol. The molecule has 0 bridgehead atoms. The highest BCUT2D eigenvalue weighted by molar-refractivity contribution is 5.70. The normalized spacial score (nSPS) is 17.1. The molecule has 3 rings (SSSR count). The van der Waals surface area contributed by atoms with Crippen LogP contribution in [-0.4, -0.2) is 30.6 Å². The van der Waals surface area contributed by atoms with Crippen LogP contribution in [0.15, 0.2) is 48.5 Å². The number of benzene rings is 2. The number of hydrogen-bond donors (Lipinski definition) is 0. The minimum atomic E-state index is -0.517. The lowest BCUT2D eigenvalue weighted by Crippen LogP contribution is -2.44. The van der Waals surface area contributed by atoms with Gasteiger partial charge in [-0.15, -0.1) is 0 Å². The summed E-state index contributed by atoms with van der Waals surface area (Å²) >= 11 is 0. The van der Waals surface area contributed by atoms with Gasteiger partial charge in [-0.25, -0.2) is 4.39 Å². The van der Waals surface area contributed by atoms with Gasteiger partial charge in [-0.3, -0.25) is 9.69 Å². The fourth-order valence-corrected chi connectivity index (χ4v) is 4.56. The fourth-order valence-electron chi connectivity index (χ4n) is 4.56. The zero-order chi connectivity index (χ0) is 21.6. The molecule has 4 nitrogen and oxygen atoms in total. The topological polar surface area (TPSA) is 53.3 Å². The highest BCUT2D eigenvalue weighted by Gasteiger charge is 2.45. The van der Waals surface area contributed by atoms with E-state index in [1.54, 1.807) is 13.0 Å². The first-order valence-corrected chi connectivity index (χ1v) is 10.5. The van der Waals surface area contributed by atoms with E-state index in [1.807, 2.05) is 25.1 Å². The van der Waals surface area contributed by atoms with Crippen LogP contribution in [0.4, 0.5) is 4.39 Å². The van der Waals surface area contributed by atoms with Crippen LogP contribution in [0, 0.1) is 29.5 Å². The van der Waals surface area contributed by atoms with Crippen LogP contribution in [0.5, 0.6) is 0 Å². The highest BCUT2D eigenvalue weighted by Crippen LogP contribution is 2.48. The molecule has 1 aliphatic heterocycles. The van der Waals surface area contributed by atoms with Gasteiger partial charge in [0.25, 0.3) is 0 Å². The Bertz CT molecular complexity index is 899. The molecule has 1 unspecified atom stereocenters. The van der Waals surface area contributed by atoms with E-state index in [4.69, 9.17) is 4.74 Å². The predicted octanol–water partition coefficient (Wildman–Crippen LogP) is 4.98. The Morgan fingerprint density at radius 3 is 2.53 bits per heavy atom. The van der Waals surface area contributed by atoms with E-state index in [2.05, 4.69) is 23.1 Å². The fraction of sp³-hybridized carbons (Fsp3) is 0.440. The standard InChI is InChI=1S/C25H29FN2O2/c1-3-30-24(29)16-25(23(17-27)22-10-9-21(26)15-19(22)2)11-13-28(14-12-25)18-20-7-5-4-6-8-20/h4-10,15,23H,3,11-14,16,18H2,1-2H3. The molecule has 0 amide bonds. The molecular formula is C25H29FN2O2. The summed E-state index contributed by atoms with van der Waals surface area (Å²) in [7, 11) is 0. The van der Waals surface area contributed by atoms with E-state index in [9.17, 15) is 14.4 Å². The lowest BCUT2D eigenvalue weighted by atomic mass is 9.64. The molecule has 0 spiro atoms. The number of nitrogens with zero attached hydrogens (tertiary/aromatic N) is 2. The summed E-state index contributed by atoms with van der Waals surface area (Å²) in [5.74, 6) is -1.07. The van der Waals surface area contributed by atoms with Crippen molar-refractivity contribution < 1.29 is 13.9 Å². The van der Waals surface area contributed by atoms with Crippen molar-refractivity contribution in [1.29, 1.82) is 5.26 Å². The summed E-state index contributed by atoms with van der Waals surface area (Å²) in [5, 5.41) is 10.1. The van der Waals surface area contributed by atoms with E-state index in [0.717, 1.165) is 30.8 Å². The van der Waals surface area contributed by atoms with Crippen LogP contribution in [0.25, 0.3) is 0 Å². The van der Waals surface area contributed by atoms with Gasteiger partial charge in [0, 0.05) is 12.0 Å². The van der Waals surface area contributed by atoms with E-state index in [-0.39, 0.29) is 18.2 Å². The number of ether oxygens (including phenoxy) is 1. The summed E-state index contributed by atoms with van der Waals surface area (Å²) in [6.45, 7) is 6.38. The molecule has 0 N–H and O–H groups in total. The Balaban J connectivity index is 1.84. The lowest BCUT2D eigenvalue weighted by molar-refractivity contribution is -0.147. The molecule has 0 aliphatic carbocycles. The SMILES string of the molecule is CCOC(=O)CC1(C(C#N)c2ccc(F)cc2C)CCN(Cc2ccccc2)CC1. The first kappa shape index (κ1) is 22.0. The van der Waals surface area contributed by atoms with Gasteiger partial charge in [-0.2, -0.15) is 5.26 Å². The maximum atomic E-state index is 13.7. The number of rotatable bonds is 7. The molecule has 2 aromatic rings. The number of esters is 1. The largest absolute Gasteiger partial charge is 0.466 e. The van der Waals surface area contributed by atoms with Gasteiger partial charge < -0.3 is 4.74 Å². The molecule has 5 heteroatoms. The van der Waals surface area contributed by atoms with Crippen molar-refractivity contribution in [2.24, 2.45) is 5.41 Å². The summed E-state index contributed by atoms with van der Waals surface area (Å²) in [6.07, 6.45) is 1.64. The van der Waals surface area contributed by atoms with Crippen LogP contribution in [0.1, 0.15) is 48.8 Å². The van der Waals surface area contributed by atoms with Gasteiger partial charge in [-0.05, 0) is 68.6 Å². The van der Waals surface area contributed by atoms with Crippen LogP contribution < -0.4 is 0 Å². The Labute approximate surface area is 178 Å². The van der Waals surface area contributed by atoms with Crippen molar-refractivity contribution in [1.82, 2.24) is 4.90 Å². The lowest BCUT2D eigenvalue weighted by Gasteiger charge is -2.44. The number of halogens is 1. The Kier molecular flexibility index (Phi) is 7.23. The van der Waals surface area contributed by atoms with Crippen molar-refractivity contribution in [3.8, 4) is 6.07 Å². The summed E-state index contributed by atoms with van der Waals surface area (Å²) < 4.78 is 18.9. The predicted molar refractivity (Wildman–Crippen MR) is 114 cm³/mol. The van der Waals surface area contributed by atoms with Gasteiger partial charge >= 0.3 is 5.97 Å². The zero-order valence-corrected chi connectivity index (χ0v) is 17.7. The molecule has 158 valence electrons. The second-order valence-electron chi connectivity index (χ2n) is 8.17.